The molecule has 3 N–H and O–H groups in total. The van der Waals surface area contributed by atoms with Crippen molar-refractivity contribution in [1.29, 1.82) is 0 Å². The zero-order valence-electron chi connectivity index (χ0n) is 14.8. The van der Waals surface area contributed by atoms with Crippen LogP contribution in [0.2, 0.25) is 5.02 Å². The van der Waals surface area contributed by atoms with Gasteiger partial charge in [-0.1, -0.05) is 61.0 Å². The molecule has 138 valence electrons. The number of rotatable bonds is 8. The molecule has 6 heteroatoms. The Morgan fingerprint density at radius 2 is 1.58 bits per heavy atom. The Labute approximate surface area is 159 Å². The van der Waals surface area contributed by atoms with Crippen LogP contribution in [0, 0.1) is 0 Å². The molecular formula is C20H24ClN3O2. The summed E-state index contributed by atoms with van der Waals surface area (Å²) in [5.41, 5.74) is 1.63. The molecule has 0 saturated heterocycles. The SMILES string of the molecule is CCC(CNC(=O)NCCNC(=O)c1ccccc1Cl)c1ccccc1. The number of halogens is 1. The molecule has 2 aromatic carbocycles. The minimum absolute atomic E-state index is 0.244. The lowest BCUT2D eigenvalue weighted by atomic mass is 9.97. The highest BCUT2D eigenvalue weighted by Gasteiger charge is 2.11. The summed E-state index contributed by atoms with van der Waals surface area (Å²) in [7, 11) is 0. The predicted octanol–water partition coefficient (Wildman–Crippen LogP) is 3.56. The lowest BCUT2D eigenvalue weighted by molar-refractivity contribution is 0.0954. The van der Waals surface area contributed by atoms with Crippen molar-refractivity contribution in [3.8, 4) is 0 Å². The third-order valence-electron chi connectivity index (χ3n) is 4.09. The number of amides is 3. The first-order chi connectivity index (χ1) is 12.6. The molecular weight excluding hydrogens is 350 g/mol. The number of carbonyl (C=O) groups excluding carboxylic acids is 2. The normalized spacial score (nSPS) is 11.5. The molecule has 0 heterocycles. The lowest BCUT2D eigenvalue weighted by Crippen LogP contribution is -2.41. The van der Waals surface area contributed by atoms with Gasteiger partial charge in [-0.05, 0) is 24.1 Å². The minimum atomic E-state index is -0.257. The van der Waals surface area contributed by atoms with Crippen LogP contribution in [0.25, 0.3) is 0 Å². The van der Waals surface area contributed by atoms with Crippen LogP contribution in [0.3, 0.4) is 0 Å². The van der Waals surface area contributed by atoms with Gasteiger partial charge in [0.2, 0.25) is 0 Å². The van der Waals surface area contributed by atoms with E-state index in [1.54, 1.807) is 24.3 Å². The van der Waals surface area contributed by atoms with E-state index in [1.807, 2.05) is 18.2 Å². The number of benzene rings is 2. The molecule has 2 rings (SSSR count). The molecule has 1 atom stereocenters. The van der Waals surface area contributed by atoms with Gasteiger partial charge in [0, 0.05) is 25.6 Å². The van der Waals surface area contributed by atoms with Crippen LogP contribution in [0.15, 0.2) is 54.6 Å². The van der Waals surface area contributed by atoms with Crippen molar-refractivity contribution in [2.45, 2.75) is 19.3 Å². The highest BCUT2D eigenvalue weighted by atomic mass is 35.5. The molecule has 3 amide bonds. The monoisotopic (exact) mass is 373 g/mol. The molecule has 2 aromatic rings. The number of nitrogens with one attached hydrogen (secondary N) is 3. The van der Waals surface area contributed by atoms with Crippen molar-refractivity contribution in [2.24, 2.45) is 0 Å². The van der Waals surface area contributed by atoms with Gasteiger partial charge in [0.1, 0.15) is 0 Å². The summed E-state index contributed by atoms with van der Waals surface area (Å²) in [5, 5.41) is 8.75. The summed E-state index contributed by atoms with van der Waals surface area (Å²) in [6.07, 6.45) is 0.943. The van der Waals surface area contributed by atoms with Crippen molar-refractivity contribution >= 4 is 23.5 Å². The zero-order chi connectivity index (χ0) is 18.8. The van der Waals surface area contributed by atoms with Gasteiger partial charge < -0.3 is 16.0 Å². The summed E-state index contributed by atoms with van der Waals surface area (Å²) >= 11 is 5.98. The van der Waals surface area contributed by atoms with E-state index in [0.29, 0.717) is 30.2 Å². The van der Waals surface area contributed by atoms with E-state index in [-0.39, 0.29) is 17.9 Å². The standard InChI is InChI=1S/C20H24ClN3O2/c1-2-15(16-8-4-3-5-9-16)14-24-20(26)23-13-12-22-19(25)17-10-6-7-11-18(17)21/h3-11,15H,2,12-14H2,1H3,(H,22,25)(H2,23,24,26). The highest BCUT2D eigenvalue weighted by molar-refractivity contribution is 6.33. The molecule has 26 heavy (non-hydrogen) atoms. The lowest BCUT2D eigenvalue weighted by Gasteiger charge is -2.16. The third kappa shape index (κ3) is 6.08. The number of urea groups is 1. The van der Waals surface area contributed by atoms with Gasteiger partial charge in [0.25, 0.3) is 5.91 Å². The van der Waals surface area contributed by atoms with Gasteiger partial charge in [0.05, 0.1) is 10.6 Å². The van der Waals surface area contributed by atoms with E-state index in [0.717, 1.165) is 6.42 Å². The van der Waals surface area contributed by atoms with E-state index >= 15 is 0 Å². The molecule has 0 saturated carbocycles. The Bertz CT molecular complexity index is 722. The molecule has 0 bridgehead atoms. The largest absolute Gasteiger partial charge is 0.350 e. The highest BCUT2D eigenvalue weighted by Crippen LogP contribution is 2.17. The fourth-order valence-corrected chi connectivity index (χ4v) is 2.82. The first-order valence-corrected chi connectivity index (χ1v) is 9.09. The number of hydrogen-bond acceptors (Lipinski definition) is 2. The van der Waals surface area contributed by atoms with Gasteiger partial charge in [-0.2, -0.15) is 0 Å². The molecule has 0 fully saturated rings. The molecule has 0 aliphatic carbocycles. The topological polar surface area (TPSA) is 70.2 Å². The number of carbonyl (C=O) groups is 2. The summed E-state index contributed by atoms with van der Waals surface area (Å²) in [6, 6.07) is 16.7. The van der Waals surface area contributed by atoms with Crippen LogP contribution in [0.4, 0.5) is 4.79 Å². The fourth-order valence-electron chi connectivity index (χ4n) is 2.59. The average molecular weight is 374 g/mol. The second-order valence-electron chi connectivity index (χ2n) is 5.89. The van der Waals surface area contributed by atoms with Crippen LogP contribution in [-0.2, 0) is 0 Å². The zero-order valence-corrected chi connectivity index (χ0v) is 15.6. The quantitative estimate of drug-likeness (QED) is 0.619. The maximum Gasteiger partial charge on any atom is 0.314 e. The molecule has 0 spiro atoms. The fraction of sp³-hybridized carbons (Fsp3) is 0.300. The molecule has 5 nitrogen and oxygen atoms in total. The van der Waals surface area contributed by atoms with E-state index in [4.69, 9.17) is 11.6 Å². The molecule has 0 aromatic heterocycles. The predicted molar refractivity (Wildman–Crippen MR) is 105 cm³/mol. The minimum Gasteiger partial charge on any atom is -0.350 e. The van der Waals surface area contributed by atoms with E-state index in [9.17, 15) is 9.59 Å². The van der Waals surface area contributed by atoms with Crippen LogP contribution in [0.1, 0.15) is 35.2 Å². The second-order valence-corrected chi connectivity index (χ2v) is 6.30. The van der Waals surface area contributed by atoms with Crippen LogP contribution >= 0.6 is 11.6 Å². The summed E-state index contributed by atoms with van der Waals surface area (Å²) < 4.78 is 0. The summed E-state index contributed by atoms with van der Waals surface area (Å²) in [6.45, 7) is 3.33. The van der Waals surface area contributed by atoms with Crippen molar-refractivity contribution in [3.63, 3.8) is 0 Å². The van der Waals surface area contributed by atoms with Gasteiger partial charge in [0.15, 0.2) is 0 Å². The van der Waals surface area contributed by atoms with Gasteiger partial charge in [-0.25, -0.2) is 4.79 Å². The van der Waals surface area contributed by atoms with Gasteiger partial charge in [-0.15, -0.1) is 0 Å². The molecule has 0 aliphatic heterocycles. The second kappa shape index (κ2) is 10.5. The van der Waals surface area contributed by atoms with Crippen molar-refractivity contribution in [3.05, 3.63) is 70.7 Å². The van der Waals surface area contributed by atoms with Crippen molar-refractivity contribution in [1.82, 2.24) is 16.0 Å². The van der Waals surface area contributed by atoms with Crippen molar-refractivity contribution in [2.75, 3.05) is 19.6 Å². The smallest absolute Gasteiger partial charge is 0.314 e. The molecule has 1 unspecified atom stereocenters. The summed E-state index contributed by atoms with van der Waals surface area (Å²) in [5.74, 6) is 0.0230. The maximum absolute atomic E-state index is 12.0. The maximum atomic E-state index is 12.0. The number of hydrogen-bond donors (Lipinski definition) is 3. The van der Waals surface area contributed by atoms with E-state index in [1.165, 1.54) is 5.56 Å². The van der Waals surface area contributed by atoms with E-state index in [2.05, 4.69) is 35.0 Å². The Balaban J connectivity index is 1.67. The van der Waals surface area contributed by atoms with Crippen molar-refractivity contribution < 1.29 is 9.59 Å². The Morgan fingerprint density at radius 3 is 2.27 bits per heavy atom. The first-order valence-electron chi connectivity index (χ1n) is 8.71. The molecule has 0 aliphatic rings. The average Bonchev–Trinajstić information content (AvgIpc) is 2.67. The van der Waals surface area contributed by atoms with E-state index < -0.39 is 0 Å². The Morgan fingerprint density at radius 1 is 0.923 bits per heavy atom. The van der Waals surface area contributed by atoms with Gasteiger partial charge in [-0.3, -0.25) is 4.79 Å². The Kier molecular flexibility index (Phi) is 7.96. The van der Waals surface area contributed by atoms with Crippen LogP contribution in [0.5, 0.6) is 0 Å². The summed E-state index contributed by atoms with van der Waals surface area (Å²) in [4.78, 5) is 23.9. The van der Waals surface area contributed by atoms with Crippen LogP contribution < -0.4 is 16.0 Å². The Hall–Kier alpha value is -2.53. The van der Waals surface area contributed by atoms with Gasteiger partial charge >= 0.3 is 6.03 Å². The molecule has 0 radical (unpaired) electrons. The third-order valence-corrected chi connectivity index (χ3v) is 4.42. The van der Waals surface area contributed by atoms with Crippen LogP contribution in [-0.4, -0.2) is 31.6 Å². The first kappa shape index (κ1) is 19.8.